The molecule has 0 saturated carbocycles. The van der Waals surface area contributed by atoms with Gasteiger partial charge >= 0.3 is 6.09 Å². The number of amides is 1. The molecular formula is C17H26ClNO3. The Morgan fingerprint density at radius 1 is 1.27 bits per heavy atom. The molecule has 1 amide bonds. The first-order valence-corrected chi connectivity index (χ1v) is 8.11. The quantitative estimate of drug-likeness (QED) is 0.604. The molecule has 0 spiro atoms. The van der Waals surface area contributed by atoms with Crippen LogP contribution in [0.1, 0.15) is 39.7 Å². The molecule has 1 aromatic carbocycles. The average Bonchev–Trinajstić information content (AvgIpc) is 2.38. The summed E-state index contributed by atoms with van der Waals surface area (Å²) in [6.07, 6.45) is 1.18. The van der Waals surface area contributed by atoms with Gasteiger partial charge in [0.15, 0.2) is 0 Å². The Bertz CT molecular complexity index is 454. The largest absolute Gasteiger partial charge is 0.494 e. The lowest BCUT2D eigenvalue weighted by molar-refractivity contribution is 0.0508. The second kappa shape index (κ2) is 8.89. The second-order valence-corrected chi connectivity index (χ2v) is 6.66. The maximum atomic E-state index is 11.7. The van der Waals surface area contributed by atoms with Crippen LogP contribution >= 0.6 is 11.6 Å². The Morgan fingerprint density at radius 2 is 1.91 bits per heavy atom. The number of carbonyl (C=O) groups excluding carboxylic acids is 1. The fraction of sp³-hybridized carbons (Fsp3) is 0.588. The number of alkyl halides is 1. The van der Waals surface area contributed by atoms with E-state index in [1.54, 1.807) is 0 Å². The van der Waals surface area contributed by atoms with Gasteiger partial charge in [0.05, 0.1) is 6.61 Å². The normalized spacial score (nSPS) is 12.6. The van der Waals surface area contributed by atoms with Crippen molar-refractivity contribution in [3.63, 3.8) is 0 Å². The van der Waals surface area contributed by atoms with E-state index in [0.29, 0.717) is 12.5 Å². The minimum Gasteiger partial charge on any atom is -0.494 e. The summed E-state index contributed by atoms with van der Waals surface area (Å²) in [4.78, 5) is 11.7. The first-order valence-electron chi connectivity index (χ1n) is 7.57. The number of hydrogen-bond donors (Lipinski definition) is 1. The Morgan fingerprint density at radius 3 is 2.45 bits per heavy atom. The molecule has 0 radical (unpaired) electrons. The Kier molecular flexibility index (Phi) is 7.52. The van der Waals surface area contributed by atoms with Crippen molar-refractivity contribution in [1.29, 1.82) is 0 Å². The lowest BCUT2D eigenvalue weighted by Gasteiger charge is -2.22. The van der Waals surface area contributed by atoms with Crippen LogP contribution in [0.15, 0.2) is 24.3 Å². The van der Waals surface area contributed by atoms with E-state index < -0.39 is 5.60 Å². The third-order valence-electron chi connectivity index (χ3n) is 2.78. The average molecular weight is 328 g/mol. The van der Waals surface area contributed by atoms with E-state index >= 15 is 0 Å². The van der Waals surface area contributed by atoms with E-state index in [9.17, 15) is 4.79 Å². The zero-order chi connectivity index (χ0) is 16.6. The molecule has 5 heteroatoms. The summed E-state index contributed by atoms with van der Waals surface area (Å²) in [6.45, 7) is 8.12. The van der Waals surface area contributed by atoms with Gasteiger partial charge in [-0.15, -0.1) is 11.6 Å². The molecule has 22 heavy (non-hydrogen) atoms. The van der Waals surface area contributed by atoms with E-state index in [1.165, 1.54) is 0 Å². The summed E-state index contributed by atoms with van der Waals surface area (Å²) >= 11 is 5.61. The molecule has 0 saturated heterocycles. The molecule has 0 heterocycles. The third kappa shape index (κ3) is 8.13. The monoisotopic (exact) mass is 327 g/mol. The van der Waals surface area contributed by atoms with E-state index in [4.69, 9.17) is 21.1 Å². The van der Waals surface area contributed by atoms with Crippen molar-refractivity contribution in [2.75, 3.05) is 12.5 Å². The summed E-state index contributed by atoms with van der Waals surface area (Å²) in [5.41, 5.74) is 0.652. The summed E-state index contributed by atoms with van der Waals surface area (Å²) in [5, 5.41) is 2.83. The van der Waals surface area contributed by atoms with Gasteiger partial charge in [-0.05, 0) is 58.2 Å². The van der Waals surface area contributed by atoms with Crippen molar-refractivity contribution in [3.8, 4) is 5.75 Å². The predicted octanol–water partition coefficient (Wildman–Crippen LogP) is 4.15. The summed E-state index contributed by atoms with van der Waals surface area (Å²) in [6, 6.07) is 7.87. The minimum atomic E-state index is -0.480. The van der Waals surface area contributed by atoms with Crippen LogP contribution in [-0.4, -0.2) is 30.2 Å². The molecule has 1 N–H and O–H groups in total. The SMILES string of the molecule is CC(Cc1ccc(OCCCCl)cc1)NC(=O)OC(C)(C)C. The molecule has 0 aliphatic heterocycles. The van der Waals surface area contributed by atoms with Crippen LogP contribution in [0.5, 0.6) is 5.75 Å². The number of carbonyl (C=O) groups is 1. The van der Waals surface area contributed by atoms with Crippen LogP contribution in [-0.2, 0) is 11.2 Å². The van der Waals surface area contributed by atoms with Gasteiger partial charge in [-0.3, -0.25) is 0 Å². The predicted molar refractivity (Wildman–Crippen MR) is 89.8 cm³/mol. The number of rotatable bonds is 7. The van der Waals surface area contributed by atoms with Crippen molar-refractivity contribution in [3.05, 3.63) is 29.8 Å². The van der Waals surface area contributed by atoms with Gasteiger partial charge in [-0.2, -0.15) is 0 Å². The lowest BCUT2D eigenvalue weighted by Crippen LogP contribution is -2.38. The lowest BCUT2D eigenvalue weighted by atomic mass is 10.1. The number of ether oxygens (including phenoxy) is 2. The highest BCUT2D eigenvalue weighted by atomic mass is 35.5. The topological polar surface area (TPSA) is 47.6 Å². The molecular weight excluding hydrogens is 302 g/mol. The zero-order valence-electron chi connectivity index (χ0n) is 13.8. The van der Waals surface area contributed by atoms with Crippen molar-refractivity contribution in [2.24, 2.45) is 0 Å². The molecule has 0 bridgehead atoms. The standard InChI is InChI=1S/C17H26ClNO3/c1-13(19-16(20)22-17(2,3)4)12-14-6-8-15(9-7-14)21-11-5-10-18/h6-9,13H,5,10-12H2,1-4H3,(H,19,20). The van der Waals surface area contributed by atoms with Gasteiger partial charge in [0.25, 0.3) is 0 Å². The van der Waals surface area contributed by atoms with Crippen molar-refractivity contribution >= 4 is 17.7 Å². The molecule has 0 fully saturated rings. The number of hydrogen-bond acceptors (Lipinski definition) is 3. The first kappa shape index (κ1) is 18.6. The van der Waals surface area contributed by atoms with Gasteiger partial charge in [-0.25, -0.2) is 4.79 Å². The maximum Gasteiger partial charge on any atom is 0.407 e. The third-order valence-corrected chi connectivity index (χ3v) is 3.04. The second-order valence-electron chi connectivity index (χ2n) is 6.29. The van der Waals surface area contributed by atoms with Crippen LogP contribution in [0.4, 0.5) is 4.79 Å². The van der Waals surface area contributed by atoms with Gasteiger partial charge in [0.1, 0.15) is 11.4 Å². The fourth-order valence-electron chi connectivity index (χ4n) is 1.88. The molecule has 0 aromatic heterocycles. The molecule has 1 unspecified atom stereocenters. The molecule has 1 aromatic rings. The highest BCUT2D eigenvalue weighted by Gasteiger charge is 2.17. The summed E-state index contributed by atoms with van der Waals surface area (Å²) < 4.78 is 10.8. The summed E-state index contributed by atoms with van der Waals surface area (Å²) in [5.74, 6) is 1.44. The summed E-state index contributed by atoms with van der Waals surface area (Å²) in [7, 11) is 0. The fourth-order valence-corrected chi connectivity index (χ4v) is 1.99. The number of halogens is 1. The van der Waals surface area contributed by atoms with Crippen LogP contribution in [0.2, 0.25) is 0 Å². The maximum absolute atomic E-state index is 11.7. The van der Waals surface area contributed by atoms with Gasteiger partial charge in [0.2, 0.25) is 0 Å². The van der Waals surface area contributed by atoms with E-state index in [2.05, 4.69) is 5.32 Å². The van der Waals surface area contributed by atoms with Gasteiger partial charge in [-0.1, -0.05) is 12.1 Å². The highest BCUT2D eigenvalue weighted by Crippen LogP contribution is 2.14. The van der Waals surface area contributed by atoms with E-state index in [-0.39, 0.29) is 12.1 Å². The number of nitrogens with one attached hydrogen (secondary N) is 1. The van der Waals surface area contributed by atoms with Crippen molar-refractivity contribution in [2.45, 2.75) is 52.2 Å². The van der Waals surface area contributed by atoms with Crippen LogP contribution < -0.4 is 10.1 Å². The van der Waals surface area contributed by atoms with E-state index in [1.807, 2.05) is 52.0 Å². The molecule has 0 aliphatic rings. The highest BCUT2D eigenvalue weighted by molar-refractivity contribution is 6.17. The Balaban J connectivity index is 2.41. The Labute approximate surface area is 138 Å². The van der Waals surface area contributed by atoms with Crippen molar-refractivity contribution < 1.29 is 14.3 Å². The van der Waals surface area contributed by atoms with Crippen molar-refractivity contribution in [1.82, 2.24) is 5.32 Å². The zero-order valence-corrected chi connectivity index (χ0v) is 14.6. The minimum absolute atomic E-state index is 0.00198. The molecule has 0 aliphatic carbocycles. The van der Waals surface area contributed by atoms with Gasteiger partial charge in [0, 0.05) is 11.9 Å². The molecule has 1 atom stereocenters. The Hall–Kier alpha value is -1.42. The van der Waals surface area contributed by atoms with Gasteiger partial charge < -0.3 is 14.8 Å². The van der Waals surface area contributed by atoms with Crippen LogP contribution in [0.25, 0.3) is 0 Å². The number of benzene rings is 1. The molecule has 124 valence electrons. The van der Waals surface area contributed by atoms with Crippen LogP contribution in [0, 0.1) is 0 Å². The number of alkyl carbamates (subject to hydrolysis) is 1. The van der Waals surface area contributed by atoms with E-state index in [0.717, 1.165) is 24.2 Å². The first-order chi connectivity index (χ1) is 10.3. The van der Waals surface area contributed by atoms with Crippen LogP contribution in [0.3, 0.4) is 0 Å². The molecule has 1 rings (SSSR count). The molecule has 4 nitrogen and oxygen atoms in total. The smallest absolute Gasteiger partial charge is 0.407 e.